The molecule has 82 valence electrons. The molecule has 0 spiro atoms. The molecule has 1 N–H and O–H groups in total. The molecule has 1 heteroatoms. The second-order valence-corrected chi connectivity index (χ2v) is 4.96. The van der Waals surface area contributed by atoms with Crippen molar-refractivity contribution < 1.29 is 0 Å². The molecule has 0 aromatic heterocycles. The van der Waals surface area contributed by atoms with Crippen molar-refractivity contribution in [1.82, 2.24) is 5.32 Å². The number of aryl methyl sites for hydroxylation is 1. The number of hydrogen-bond acceptors (Lipinski definition) is 1. The zero-order valence-corrected chi connectivity index (χ0v) is 10.0. The van der Waals surface area contributed by atoms with Crippen molar-refractivity contribution in [2.45, 2.75) is 39.0 Å². The quantitative estimate of drug-likeness (QED) is 0.778. The Bertz CT molecular complexity index is 335. The lowest BCUT2D eigenvalue weighted by molar-refractivity contribution is 0.751. The van der Waals surface area contributed by atoms with Crippen LogP contribution in [0.3, 0.4) is 0 Å². The van der Waals surface area contributed by atoms with Gasteiger partial charge < -0.3 is 5.32 Å². The van der Waals surface area contributed by atoms with E-state index in [9.17, 15) is 0 Å². The maximum Gasteiger partial charge on any atom is 0.00207 e. The third-order valence-corrected chi connectivity index (χ3v) is 3.47. The van der Waals surface area contributed by atoms with E-state index in [0.29, 0.717) is 5.92 Å². The van der Waals surface area contributed by atoms with Gasteiger partial charge in [0.25, 0.3) is 0 Å². The Kier molecular flexibility index (Phi) is 3.11. The first-order valence-electron chi connectivity index (χ1n) is 5.99. The second kappa shape index (κ2) is 4.36. The second-order valence-electron chi connectivity index (χ2n) is 4.96. The zero-order chi connectivity index (χ0) is 10.8. The maximum atomic E-state index is 3.45. The minimum absolute atomic E-state index is 0.638. The third-order valence-electron chi connectivity index (χ3n) is 3.47. The van der Waals surface area contributed by atoms with E-state index in [-0.39, 0.29) is 0 Å². The van der Waals surface area contributed by atoms with Crippen LogP contribution in [-0.2, 0) is 0 Å². The summed E-state index contributed by atoms with van der Waals surface area (Å²) in [4.78, 5) is 0. The van der Waals surface area contributed by atoms with Crippen molar-refractivity contribution in [3.05, 3.63) is 34.9 Å². The normalized spacial score (nSPS) is 21.2. The molecule has 1 saturated heterocycles. The SMILES string of the molecule is Cc1ccc(C(C)C)cc1C1CCNC1. The number of rotatable bonds is 2. The van der Waals surface area contributed by atoms with Crippen LogP contribution in [0.4, 0.5) is 0 Å². The highest BCUT2D eigenvalue weighted by Gasteiger charge is 2.18. The fraction of sp³-hybridized carbons (Fsp3) is 0.571. The molecule has 2 rings (SSSR count). The Morgan fingerprint density at radius 3 is 2.73 bits per heavy atom. The lowest BCUT2D eigenvalue weighted by atomic mass is 9.90. The van der Waals surface area contributed by atoms with E-state index in [1.54, 1.807) is 5.56 Å². The molecule has 1 aliphatic rings. The molecule has 15 heavy (non-hydrogen) atoms. The van der Waals surface area contributed by atoms with E-state index in [2.05, 4.69) is 44.3 Å². The molecule has 1 nitrogen and oxygen atoms in total. The predicted octanol–water partition coefficient (Wildman–Crippen LogP) is 3.20. The molecule has 1 heterocycles. The summed E-state index contributed by atoms with van der Waals surface area (Å²) in [5.74, 6) is 1.38. The van der Waals surface area contributed by atoms with Crippen LogP contribution in [0.15, 0.2) is 18.2 Å². The van der Waals surface area contributed by atoms with Gasteiger partial charge in [-0.3, -0.25) is 0 Å². The van der Waals surface area contributed by atoms with Crippen LogP contribution in [0, 0.1) is 6.92 Å². The standard InChI is InChI=1S/C14H21N/c1-10(2)12-5-4-11(3)14(8-12)13-6-7-15-9-13/h4-5,8,10,13,15H,6-7,9H2,1-3H3. The molecule has 0 radical (unpaired) electrons. The van der Waals surface area contributed by atoms with Crippen LogP contribution in [0.2, 0.25) is 0 Å². The Morgan fingerprint density at radius 1 is 1.33 bits per heavy atom. The lowest BCUT2D eigenvalue weighted by Gasteiger charge is -2.15. The smallest absolute Gasteiger partial charge is 0.00207 e. The summed E-state index contributed by atoms with van der Waals surface area (Å²) in [5, 5.41) is 3.45. The summed E-state index contributed by atoms with van der Waals surface area (Å²) in [7, 11) is 0. The van der Waals surface area contributed by atoms with Crippen LogP contribution >= 0.6 is 0 Å². The van der Waals surface area contributed by atoms with Crippen molar-refractivity contribution >= 4 is 0 Å². The van der Waals surface area contributed by atoms with E-state index in [1.165, 1.54) is 24.1 Å². The minimum atomic E-state index is 0.638. The Balaban J connectivity index is 2.31. The van der Waals surface area contributed by atoms with E-state index >= 15 is 0 Å². The lowest BCUT2D eigenvalue weighted by Crippen LogP contribution is -2.09. The molecule has 0 bridgehead atoms. The van der Waals surface area contributed by atoms with Crippen LogP contribution in [0.25, 0.3) is 0 Å². The summed E-state index contributed by atoms with van der Waals surface area (Å²) in [6.07, 6.45) is 1.29. The molecular formula is C14H21N. The fourth-order valence-corrected chi connectivity index (χ4v) is 2.38. The van der Waals surface area contributed by atoms with Gasteiger partial charge in [0, 0.05) is 6.54 Å². The van der Waals surface area contributed by atoms with E-state index in [1.807, 2.05) is 0 Å². The first-order chi connectivity index (χ1) is 7.18. The van der Waals surface area contributed by atoms with E-state index in [0.717, 1.165) is 12.5 Å². The summed E-state index contributed by atoms with van der Waals surface area (Å²) >= 11 is 0. The first-order valence-corrected chi connectivity index (χ1v) is 5.99. The summed E-state index contributed by atoms with van der Waals surface area (Å²) in [5.41, 5.74) is 4.49. The highest BCUT2D eigenvalue weighted by atomic mass is 14.9. The fourth-order valence-electron chi connectivity index (χ4n) is 2.38. The zero-order valence-electron chi connectivity index (χ0n) is 10.0. The Morgan fingerprint density at radius 2 is 2.13 bits per heavy atom. The molecule has 0 saturated carbocycles. The average Bonchev–Trinajstić information content (AvgIpc) is 2.71. The van der Waals surface area contributed by atoms with Gasteiger partial charge in [0.2, 0.25) is 0 Å². The first kappa shape index (κ1) is 10.7. The van der Waals surface area contributed by atoms with Crippen LogP contribution in [0.1, 0.15) is 48.8 Å². The monoisotopic (exact) mass is 203 g/mol. The minimum Gasteiger partial charge on any atom is -0.316 e. The van der Waals surface area contributed by atoms with Crippen molar-refractivity contribution in [3.8, 4) is 0 Å². The number of hydrogen-bond donors (Lipinski definition) is 1. The van der Waals surface area contributed by atoms with Gasteiger partial charge in [-0.15, -0.1) is 0 Å². The van der Waals surface area contributed by atoms with Crippen LogP contribution in [0.5, 0.6) is 0 Å². The topological polar surface area (TPSA) is 12.0 Å². The molecule has 1 aromatic rings. The molecule has 1 aliphatic heterocycles. The van der Waals surface area contributed by atoms with Crippen molar-refractivity contribution in [2.24, 2.45) is 0 Å². The van der Waals surface area contributed by atoms with Crippen molar-refractivity contribution in [2.75, 3.05) is 13.1 Å². The summed E-state index contributed by atoms with van der Waals surface area (Å²) in [6.45, 7) is 9.10. The van der Waals surface area contributed by atoms with Gasteiger partial charge >= 0.3 is 0 Å². The average molecular weight is 203 g/mol. The molecule has 1 unspecified atom stereocenters. The van der Waals surface area contributed by atoms with Crippen LogP contribution in [-0.4, -0.2) is 13.1 Å². The molecule has 1 aromatic carbocycles. The van der Waals surface area contributed by atoms with Gasteiger partial charge in [-0.2, -0.15) is 0 Å². The number of nitrogens with one attached hydrogen (secondary N) is 1. The third kappa shape index (κ3) is 2.23. The summed E-state index contributed by atoms with van der Waals surface area (Å²) < 4.78 is 0. The highest BCUT2D eigenvalue weighted by Crippen LogP contribution is 2.28. The van der Waals surface area contributed by atoms with Gasteiger partial charge in [-0.1, -0.05) is 32.0 Å². The molecule has 0 aliphatic carbocycles. The van der Waals surface area contributed by atoms with Gasteiger partial charge in [0.15, 0.2) is 0 Å². The molecule has 0 amide bonds. The molecule has 1 atom stereocenters. The van der Waals surface area contributed by atoms with E-state index < -0.39 is 0 Å². The van der Waals surface area contributed by atoms with E-state index in [4.69, 9.17) is 0 Å². The highest BCUT2D eigenvalue weighted by molar-refractivity contribution is 5.35. The molecular weight excluding hydrogens is 182 g/mol. The van der Waals surface area contributed by atoms with Gasteiger partial charge in [0.05, 0.1) is 0 Å². The molecule has 1 fully saturated rings. The van der Waals surface area contributed by atoms with Crippen molar-refractivity contribution in [3.63, 3.8) is 0 Å². The van der Waals surface area contributed by atoms with Crippen LogP contribution < -0.4 is 5.32 Å². The predicted molar refractivity (Wildman–Crippen MR) is 65.5 cm³/mol. The van der Waals surface area contributed by atoms with Gasteiger partial charge in [-0.25, -0.2) is 0 Å². The van der Waals surface area contributed by atoms with Gasteiger partial charge in [0.1, 0.15) is 0 Å². The van der Waals surface area contributed by atoms with Crippen molar-refractivity contribution in [1.29, 1.82) is 0 Å². The maximum absolute atomic E-state index is 3.45. The Hall–Kier alpha value is -0.820. The number of benzene rings is 1. The largest absolute Gasteiger partial charge is 0.316 e. The van der Waals surface area contributed by atoms with Gasteiger partial charge in [-0.05, 0) is 48.4 Å². The summed E-state index contributed by atoms with van der Waals surface area (Å²) in [6, 6.07) is 6.96. The Labute approximate surface area is 92.9 Å².